The van der Waals surface area contributed by atoms with E-state index in [9.17, 15) is 18.0 Å². The second kappa shape index (κ2) is 7.62. The molecule has 4 rings (SSSR count). The van der Waals surface area contributed by atoms with E-state index in [2.05, 4.69) is 15.3 Å². The quantitative estimate of drug-likeness (QED) is 0.756. The van der Waals surface area contributed by atoms with E-state index in [-0.39, 0.29) is 23.1 Å². The van der Waals surface area contributed by atoms with Gasteiger partial charge in [-0.1, -0.05) is 6.07 Å². The predicted octanol–water partition coefficient (Wildman–Crippen LogP) is 4.40. The van der Waals surface area contributed by atoms with Gasteiger partial charge < -0.3 is 15.0 Å². The van der Waals surface area contributed by atoms with E-state index < -0.39 is 18.2 Å². The largest absolute Gasteiger partial charge is 0.444 e. The monoisotopic (exact) mass is 436 g/mol. The lowest BCUT2D eigenvalue weighted by Crippen LogP contribution is -2.62. The second-order valence-electron chi connectivity index (χ2n) is 9.70. The number of benzene rings is 1. The summed E-state index contributed by atoms with van der Waals surface area (Å²) < 4.78 is 44.1. The number of ether oxygens (including phenoxy) is 1. The van der Waals surface area contributed by atoms with Crippen molar-refractivity contribution in [3.8, 4) is 0 Å². The molecule has 2 aliphatic rings. The van der Waals surface area contributed by atoms with Crippen molar-refractivity contribution in [2.45, 2.75) is 57.9 Å². The lowest BCUT2D eigenvalue weighted by molar-refractivity contribution is -0.127. The van der Waals surface area contributed by atoms with Crippen LogP contribution in [0.2, 0.25) is 0 Å². The first-order chi connectivity index (χ1) is 14.4. The first kappa shape index (κ1) is 21.8. The molecule has 0 saturated carbocycles. The zero-order valence-corrected chi connectivity index (χ0v) is 17.9. The third kappa shape index (κ3) is 4.92. The van der Waals surface area contributed by atoms with Gasteiger partial charge in [0.15, 0.2) is 0 Å². The molecule has 1 aromatic heterocycles. The van der Waals surface area contributed by atoms with Crippen LogP contribution in [0.25, 0.3) is 10.9 Å². The molecule has 31 heavy (non-hydrogen) atoms. The van der Waals surface area contributed by atoms with Gasteiger partial charge in [-0.15, -0.1) is 0 Å². The van der Waals surface area contributed by atoms with Crippen molar-refractivity contribution in [2.75, 3.05) is 19.6 Å². The fourth-order valence-corrected chi connectivity index (χ4v) is 4.56. The molecule has 2 aliphatic heterocycles. The Bertz CT molecular complexity index is 981. The van der Waals surface area contributed by atoms with Crippen molar-refractivity contribution in [3.63, 3.8) is 0 Å². The normalized spacial score (nSPS) is 21.2. The van der Waals surface area contributed by atoms with Gasteiger partial charge in [-0.05, 0) is 57.9 Å². The Hall–Kier alpha value is -2.42. The molecule has 1 aromatic carbocycles. The van der Waals surface area contributed by atoms with E-state index in [0.29, 0.717) is 29.7 Å². The number of hydrogen-bond acceptors (Lipinski definition) is 5. The van der Waals surface area contributed by atoms with E-state index in [1.165, 1.54) is 12.4 Å². The number of carbonyl (C=O) groups is 1. The summed E-state index contributed by atoms with van der Waals surface area (Å²) in [7, 11) is 0. The molecule has 1 unspecified atom stereocenters. The maximum absolute atomic E-state index is 12.9. The van der Waals surface area contributed by atoms with Crippen LogP contribution < -0.4 is 5.32 Å². The summed E-state index contributed by atoms with van der Waals surface area (Å²) in [5.41, 5.74) is 0.963. The first-order valence-corrected chi connectivity index (χ1v) is 10.4. The van der Waals surface area contributed by atoms with E-state index in [0.717, 1.165) is 19.4 Å². The van der Waals surface area contributed by atoms with Gasteiger partial charge in [-0.2, -0.15) is 13.2 Å². The molecule has 2 saturated heterocycles. The Morgan fingerprint density at radius 2 is 2.00 bits per heavy atom. The summed E-state index contributed by atoms with van der Waals surface area (Å²) >= 11 is 0. The van der Waals surface area contributed by atoms with Crippen LogP contribution in [0.15, 0.2) is 24.5 Å². The Labute approximate surface area is 179 Å². The minimum atomic E-state index is -4.27. The number of nitrogens with one attached hydrogen (secondary N) is 1. The third-order valence-corrected chi connectivity index (χ3v) is 5.85. The summed E-state index contributed by atoms with van der Waals surface area (Å²) in [6.45, 7) is 7.50. The maximum Gasteiger partial charge on any atom is 0.410 e. The highest BCUT2D eigenvalue weighted by Crippen LogP contribution is 2.45. The fourth-order valence-electron chi connectivity index (χ4n) is 4.56. The summed E-state index contributed by atoms with van der Waals surface area (Å²) in [4.78, 5) is 22.7. The number of fused-ring (bicyclic) bond motifs is 1. The highest BCUT2D eigenvalue weighted by molar-refractivity contribution is 5.82. The lowest BCUT2D eigenvalue weighted by atomic mass is 9.69. The van der Waals surface area contributed by atoms with Gasteiger partial charge in [0.1, 0.15) is 11.9 Å². The average molecular weight is 436 g/mol. The number of piperidine rings is 1. The Morgan fingerprint density at radius 1 is 1.26 bits per heavy atom. The SMILES string of the molecule is CC(C)(C)OC(=O)N1CC2(CCNC(c3ncnc4ccc(CC(F)(F)F)cc34)C2)C1. The van der Waals surface area contributed by atoms with Crippen LogP contribution in [0, 0.1) is 5.41 Å². The molecule has 3 heterocycles. The molecule has 6 nitrogen and oxygen atoms in total. The number of rotatable bonds is 2. The van der Waals surface area contributed by atoms with E-state index >= 15 is 0 Å². The topological polar surface area (TPSA) is 67.3 Å². The smallest absolute Gasteiger partial charge is 0.410 e. The number of hydrogen-bond donors (Lipinski definition) is 1. The van der Waals surface area contributed by atoms with Crippen LogP contribution in [-0.2, 0) is 11.2 Å². The van der Waals surface area contributed by atoms with Crippen molar-refractivity contribution in [3.05, 3.63) is 35.8 Å². The van der Waals surface area contributed by atoms with E-state index in [4.69, 9.17) is 4.74 Å². The summed E-state index contributed by atoms with van der Waals surface area (Å²) in [5, 5.41) is 4.09. The van der Waals surface area contributed by atoms with Crippen molar-refractivity contribution in [1.82, 2.24) is 20.2 Å². The minimum Gasteiger partial charge on any atom is -0.444 e. The zero-order valence-electron chi connectivity index (χ0n) is 17.9. The van der Waals surface area contributed by atoms with Gasteiger partial charge in [0.2, 0.25) is 0 Å². The maximum atomic E-state index is 12.9. The van der Waals surface area contributed by atoms with E-state index in [1.54, 1.807) is 17.0 Å². The van der Waals surface area contributed by atoms with Crippen molar-refractivity contribution < 1.29 is 22.7 Å². The van der Waals surface area contributed by atoms with Gasteiger partial charge in [-0.25, -0.2) is 14.8 Å². The molecule has 1 atom stereocenters. The predicted molar refractivity (Wildman–Crippen MR) is 110 cm³/mol. The average Bonchev–Trinajstić information content (AvgIpc) is 2.63. The van der Waals surface area contributed by atoms with Crippen LogP contribution >= 0.6 is 0 Å². The minimum absolute atomic E-state index is 0.0341. The van der Waals surface area contributed by atoms with Crippen LogP contribution in [0.1, 0.15) is 50.9 Å². The van der Waals surface area contributed by atoms with Gasteiger partial charge >= 0.3 is 12.3 Å². The van der Waals surface area contributed by atoms with Gasteiger partial charge in [-0.3, -0.25) is 0 Å². The van der Waals surface area contributed by atoms with Crippen LogP contribution in [0.4, 0.5) is 18.0 Å². The van der Waals surface area contributed by atoms with Crippen molar-refractivity contribution in [2.24, 2.45) is 5.41 Å². The molecular weight excluding hydrogens is 409 g/mol. The number of carbonyl (C=O) groups excluding carboxylic acids is 1. The highest BCUT2D eigenvalue weighted by Gasteiger charge is 2.49. The molecular formula is C22H27F3N4O2. The summed E-state index contributed by atoms with van der Waals surface area (Å²) in [6, 6.07) is 4.52. The number of nitrogens with zero attached hydrogens (tertiary/aromatic N) is 3. The van der Waals surface area contributed by atoms with Crippen molar-refractivity contribution >= 4 is 17.0 Å². The highest BCUT2D eigenvalue weighted by atomic mass is 19.4. The Kier molecular flexibility index (Phi) is 5.36. The molecule has 0 aliphatic carbocycles. The van der Waals surface area contributed by atoms with Crippen LogP contribution in [0.3, 0.4) is 0 Å². The molecule has 1 spiro atoms. The van der Waals surface area contributed by atoms with Gasteiger partial charge in [0.05, 0.1) is 23.7 Å². The van der Waals surface area contributed by atoms with Crippen molar-refractivity contribution in [1.29, 1.82) is 0 Å². The third-order valence-electron chi connectivity index (χ3n) is 5.85. The standard InChI is InChI=1S/C22H27F3N4O2/c1-20(2,3)31-19(30)29-11-21(12-29)6-7-26-17(10-21)18-15-8-14(9-22(23,24)25)4-5-16(15)27-13-28-18/h4-5,8,13,17,26H,6-7,9-12H2,1-3H3. The number of likely N-dealkylation sites (tertiary alicyclic amines) is 1. The molecule has 2 fully saturated rings. The second-order valence-corrected chi connectivity index (χ2v) is 9.70. The molecule has 0 bridgehead atoms. The zero-order chi connectivity index (χ0) is 22.4. The molecule has 9 heteroatoms. The molecule has 1 amide bonds. The first-order valence-electron chi connectivity index (χ1n) is 10.4. The van der Waals surface area contributed by atoms with Crippen LogP contribution in [0.5, 0.6) is 0 Å². The van der Waals surface area contributed by atoms with Gasteiger partial charge in [0, 0.05) is 23.9 Å². The van der Waals surface area contributed by atoms with Gasteiger partial charge in [0.25, 0.3) is 0 Å². The number of halogens is 3. The molecule has 1 N–H and O–H groups in total. The molecule has 2 aromatic rings. The Balaban J connectivity index is 1.52. The van der Waals surface area contributed by atoms with Crippen LogP contribution in [-0.4, -0.2) is 52.4 Å². The Morgan fingerprint density at radius 3 is 2.68 bits per heavy atom. The lowest BCUT2D eigenvalue weighted by Gasteiger charge is -2.53. The van der Waals surface area contributed by atoms with E-state index in [1.807, 2.05) is 20.8 Å². The number of amides is 1. The summed E-state index contributed by atoms with van der Waals surface area (Å²) in [5.74, 6) is 0. The number of aromatic nitrogens is 2. The molecule has 168 valence electrons. The fraction of sp³-hybridized carbons (Fsp3) is 0.591. The molecule has 0 radical (unpaired) electrons. The summed E-state index contributed by atoms with van der Waals surface area (Å²) in [6.07, 6.45) is -2.43. The number of alkyl halides is 3.